The molecule has 0 spiro atoms. The van der Waals surface area contributed by atoms with E-state index in [4.69, 9.17) is 55.9 Å². The number of ketones is 1. The van der Waals surface area contributed by atoms with Gasteiger partial charge in [-0.2, -0.15) is 0 Å². The molecule has 0 aliphatic carbocycles. The number of aliphatic hydroxyl groups excluding tert-OH is 2. The maximum atomic E-state index is 13.3. The molecule has 2 heterocycles. The Balaban J connectivity index is 0.846. The number of carbonyl (C=O) groups excluding carboxylic acids is 2. The molecular weight excluding hydrogens is 974 g/mol. The number of rotatable bonds is 22. The van der Waals surface area contributed by atoms with Crippen LogP contribution in [0.25, 0.3) is 0 Å². The van der Waals surface area contributed by atoms with Gasteiger partial charge in [-0.15, -0.1) is 0 Å². The number of sulfone groups is 1. The summed E-state index contributed by atoms with van der Waals surface area (Å²) in [5.41, 5.74) is 5.49. The first-order valence-electron chi connectivity index (χ1n) is 21.4. The first-order chi connectivity index (χ1) is 31.3. The normalized spacial score (nSPS) is 17.8. The molecule has 14 nitrogen and oxygen atoms in total. The lowest BCUT2D eigenvalue weighted by molar-refractivity contribution is -0.145. The number of ether oxygens (including phenoxy) is 2. The average Bonchev–Trinajstić information content (AvgIpc) is 3.27. The van der Waals surface area contributed by atoms with E-state index in [0.717, 1.165) is 33.4 Å². The summed E-state index contributed by atoms with van der Waals surface area (Å²) < 4.78 is 66.4. The van der Waals surface area contributed by atoms with E-state index < -0.39 is 43.8 Å². The number of fused-ring (bicyclic) bond motifs is 2. The number of likely N-dealkylation sites (N-methyl/N-ethyl adjacent to an activating group) is 2. The van der Waals surface area contributed by atoms with Gasteiger partial charge in [0, 0.05) is 90.8 Å². The number of halogens is 4. The lowest BCUT2D eigenvalue weighted by atomic mass is 9.85. The highest BCUT2D eigenvalue weighted by Gasteiger charge is 2.31. The van der Waals surface area contributed by atoms with E-state index in [0.29, 0.717) is 46.3 Å². The Hall–Kier alpha value is -3.20. The maximum Gasteiger partial charge on any atom is 0.252 e. The van der Waals surface area contributed by atoms with Crippen LogP contribution in [0.3, 0.4) is 0 Å². The van der Waals surface area contributed by atoms with Crippen molar-refractivity contribution >= 4 is 78.0 Å². The molecule has 2 aliphatic rings. The first kappa shape index (κ1) is 52.2. The number of benzene rings is 4. The van der Waals surface area contributed by atoms with Gasteiger partial charge in [0.2, 0.25) is 10.0 Å². The minimum absolute atomic E-state index is 0.0247. The number of Topliss-reactive ketones (excluding diaryl/α,β-unsaturated/α-hetero) is 1. The Morgan fingerprint density at radius 2 is 1.21 bits per heavy atom. The fraction of sp³-hybridized carbons (Fsp3) is 0.435. The number of nitrogens with one attached hydrogen (secondary N) is 2. The third-order valence-electron chi connectivity index (χ3n) is 11.6. The van der Waals surface area contributed by atoms with Crippen LogP contribution in [0.2, 0.25) is 20.1 Å². The summed E-state index contributed by atoms with van der Waals surface area (Å²) in [5.74, 6) is -2.17. The molecule has 2 aliphatic heterocycles. The van der Waals surface area contributed by atoms with E-state index in [1.54, 1.807) is 42.5 Å². The highest BCUT2D eigenvalue weighted by Crippen LogP contribution is 2.40. The third-order valence-corrected chi connectivity index (χ3v) is 15.9. The van der Waals surface area contributed by atoms with Crippen molar-refractivity contribution in [2.45, 2.75) is 66.2 Å². The zero-order valence-corrected chi connectivity index (χ0v) is 41.2. The van der Waals surface area contributed by atoms with Crippen molar-refractivity contribution in [2.24, 2.45) is 0 Å². The second kappa shape index (κ2) is 23.4. The Labute approximate surface area is 406 Å². The highest BCUT2D eigenvalue weighted by atomic mass is 35.5. The van der Waals surface area contributed by atoms with E-state index in [2.05, 4.69) is 19.8 Å². The highest BCUT2D eigenvalue weighted by molar-refractivity contribution is 7.91. The average molecular weight is 1030 g/mol. The van der Waals surface area contributed by atoms with Crippen LogP contribution in [0.4, 0.5) is 0 Å². The van der Waals surface area contributed by atoms with E-state index in [9.17, 15) is 36.6 Å². The van der Waals surface area contributed by atoms with Crippen LogP contribution in [0.15, 0.2) is 82.6 Å². The molecule has 66 heavy (non-hydrogen) atoms. The van der Waals surface area contributed by atoms with Crippen molar-refractivity contribution in [3.05, 3.63) is 126 Å². The van der Waals surface area contributed by atoms with Crippen LogP contribution in [-0.4, -0.2) is 133 Å². The molecule has 4 atom stereocenters. The SMILES string of the molecule is CN1Cc2c(Cl)cc(Cl)cc2C(c2cccc(S(=O)(=O)CCCOCCCC(=O)C(O)C(O)C(=O)NCCOCCNS(=O)(=O)c3cccc(C4CN(C)Cc5c(Cl)cc(Cl)cc54)c3)c2)C1. The minimum Gasteiger partial charge on any atom is -0.382 e. The van der Waals surface area contributed by atoms with Crippen LogP contribution in [-0.2, 0) is 52.0 Å². The number of aliphatic hydroxyl groups is 2. The third kappa shape index (κ3) is 13.5. The largest absolute Gasteiger partial charge is 0.382 e. The van der Waals surface area contributed by atoms with Crippen LogP contribution in [0.1, 0.15) is 64.5 Å². The van der Waals surface area contributed by atoms with Gasteiger partial charge in [-0.25, -0.2) is 21.6 Å². The van der Waals surface area contributed by atoms with Gasteiger partial charge in [-0.05, 0) is 109 Å². The standard InChI is InChI=1S/C46H54Cl4N4O10S2/c1-53-25-37(35-21-31(47)23-41(49)39(35)27-53)29-7-3-9-33(19-29)65(59,60)18-6-15-63-14-5-11-43(55)44(56)45(57)46(58)51-12-16-64-17-13-52-66(61,62)34-10-4-8-30(20-34)38-26-54(2)28-40-36(38)22-32(48)24-42(40)50/h3-4,7-10,19-24,37-38,44-45,52,56-57H,5-6,11-18,25-28H2,1-2H3,(H,51,58). The summed E-state index contributed by atoms with van der Waals surface area (Å²) in [6, 6.07) is 20.8. The number of hydrogen-bond donors (Lipinski definition) is 4. The molecule has 0 radical (unpaired) electrons. The first-order valence-corrected chi connectivity index (χ1v) is 26.1. The Bertz CT molecular complexity index is 2430. The summed E-state index contributed by atoms with van der Waals surface area (Å²) >= 11 is 25.7. The Kier molecular flexibility index (Phi) is 18.5. The molecule has 0 aromatic heterocycles. The maximum absolute atomic E-state index is 13.3. The van der Waals surface area contributed by atoms with E-state index in [1.807, 2.05) is 38.4 Å². The molecule has 0 saturated heterocycles. The second-order valence-electron chi connectivity index (χ2n) is 16.6. The molecule has 4 unspecified atom stereocenters. The van der Waals surface area contributed by atoms with Crippen LogP contribution >= 0.6 is 46.4 Å². The van der Waals surface area contributed by atoms with E-state index in [-0.39, 0.29) is 86.2 Å². The van der Waals surface area contributed by atoms with E-state index >= 15 is 0 Å². The molecule has 4 N–H and O–H groups in total. The molecule has 4 aromatic carbocycles. The van der Waals surface area contributed by atoms with Crippen LogP contribution in [0, 0.1) is 0 Å². The second-order valence-corrected chi connectivity index (χ2v) is 22.2. The molecule has 0 saturated carbocycles. The van der Waals surface area contributed by atoms with E-state index in [1.165, 1.54) is 6.07 Å². The molecule has 358 valence electrons. The fourth-order valence-corrected chi connectivity index (χ4v) is 11.8. The summed E-state index contributed by atoms with van der Waals surface area (Å²) in [6.07, 6.45) is -3.81. The number of nitrogens with zero attached hydrogens (tertiary/aromatic N) is 2. The minimum atomic E-state index is -3.90. The quantitative estimate of drug-likeness (QED) is 0.0692. The predicted molar refractivity (Wildman–Crippen MR) is 255 cm³/mol. The Morgan fingerprint density at radius 1 is 0.697 bits per heavy atom. The number of hydrogen-bond acceptors (Lipinski definition) is 12. The summed E-state index contributed by atoms with van der Waals surface area (Å²) in [5, 5.41) is 25.1. The van der Waals surface area contributed by atoms with Gasteiger partial charge in [0.25, 0.3) is 5.91 Å². The van der Waals surface area contributed by atoms with Gasteiger partial charge in [-0.3, -0.25) is 9.59 Å². The van der Waals surface area contributed by atoms with Crippen LogP contribution < -0.4 is 10.0 Å². The topological polar surface area (TPSA) is 192 Å². The molecule has 6 rings (SSSR count). The fourth-order valence-electron chi connectivity index (χ4n) is 8.26. The van der Waals surface area contributed by atoms with Gasteiger partial charge in [0.05, 0.1) is 28.8 Å². The van der Waals surface area contributed by atoms with Crippen molar-refractivity contribution in [3.63, 3.8) is 0 Å². The zero-order valence-electron chi connectivity index (χ0n) is 36.5. The summed E-state index contributed by atoms with van der Waals surface area (Å²) in [6.45, 7) is 2.63. The molecular formula is C46H54Cl4N4O10S2. The zero-order chi connectivity index (χ0) is 47.8. The molecule has 0 bridgehead atoms. The van der Waals surface area contributed by atoms with Gasteiger partial charge in [0.1, 0.15) is 6.10 Å². The van der Waals surface area contributed by atoms with Crippen molar-refractivity contribution in [1.82, 2.24) is 19.8 Å². The number of amides is 1. The number of carbonyl (C=O) groups is 2. The molecule has 20 heteroatoms. The van der Waals surface area contributed by atoms with Gasteiger partial charge < -0.3 is 34.8 Å². The smallest absolute Gasteiger partial charge is 0.252 e. The number of sulfonamides is 1. The molecule has 0 fully saturated rings. The lowest BCUT2D eigenvalue weighted by Crippen LogP contribution is -2.46. The van der Waals surface area contributed by atoms with Gasteiger partial charge in [0.15, 0.2) is 21.7 Å². The van der Waals surface area contributed by atoms with Crippen LogP contribution in [0.5, 0.6) is 0 Å². The summed E-state index contributed by atoms with van der Waals surface area (Å²) in [4.78, 5) is 29.5. The van der Waals surface area contributed by atoms with Crippen molar-refractivity contribution in [3.8, 4) is 0 Å². The Morgan fingerprint density at radius 3 is 1.80 bits per heavy atom. The van der Waals surface area contributed by atoms with Gasteiger partial charge >= 0.3 is 0 Å². The van der Waals surface area contributed by atoms with Gasteiger partial charge in [-0.1, -0.05) is 70.7 Å². The molecule has 4 aromatic rings. The monoisotopic (exact) mass is 1030 g/mol. The van der Waals surface area contributed by atoms with Crippen molar-refractivity contribution < 1.29 is 46.1 Å². The summed E-state index contributed by atoms with van der Waals surface area (Å²) in [7, 11) is -3.59. The predicted octanol–water partition coefficient (Wildman–Crippen LogP) is 5.82. The van der Waals surface area contributed by atoms with Crippen molar-refractivity contribution in [2.75, 3.05) is 72.5 Å². The lowest BCUT2D eigenvalue weighted by Gasteiger charge is -2.33. The van der Waals surface area contributed by atoms with Crippen molar-refractivity contribution in [1.29, 1.82) is 0 Å². The molecule has 1 amide bonds.